The Labute approximate surface area is 174 Å². The number of nitrogens with zero attached hydrogens (tertiary/aromatic N) is 2. The van der Waals surface area contributed by atoms with Crippen molar-refractivity contribution in [2.45, 2.75) is 42.7 Å². The minimum Gasteiger partial charge on any atom is -0.356 e. The summed E-state index contributed by atoms with van der Waals surface area (Å²) in [5, 5.41) is 3.02. The van der Waals surface area contributed by atoms with Crippen LogP contribution < -0.4 is 5.32 Å². The highest BCUT2D eigenvalue weighted by atomic mass is 79.9. The third-order valence-electron chi connectivity index (χ3n) is 5.30. The minimum atomic E-state index is -3.51. The van der Waals surface area contributed by atoms with E-state index in [9.17, 15) is 13.2 Å². The van der Waals surface area contributed by atoms with Gasteiger partial charge in [-0.15, -0.1) is 11.3 Å². The number of amides is 1. The molecule has 2 aliphatic heterocycles. The van der Waals surface area contributed by atoms with Crippen molar-refractivity contribution in [3.8, 4) is 0 Å². The molecular formula is C18H28BrN3O3S2. The van der Waals surface area contributed by atoms with Crippen molar-refractivity contribution in [3.05, 3.63) is 15.9 Å². The second-order valence-electron chi connectivity index (χ2n) is 7.31. The summed E-state index contributed by atoms with van der Waals surface area (Å²) in [6.07, 6.45) is 6.30. The second-order valence-corrected chi connectivity index (χ2v) is 11.9. The van der Waals surface area contributed by atoms with Gasteiger partial charge in [0.15, 0.2) is 0 Å². The number of halogens is 1. The summed E-state index contributed by atoms with van der Waals surface area (Å²) in [5.74, 6) is -0.271. The number of hydrogen-bond donors (Lipinski definition) is 1. The van der Waals surface area contributed by atoms with Crippen LogP contribution in [0.15, 0.2) is 20.1 Å². The molecule has 0 aromatic carbocycles. The van der Waals surface area contributed by atoms with Crippen molar-refractivity contribution in [2.75, 3.05) is 39.3 Å². The van der Waals surface area contributed by atoms with Crippen LogP contribution in [0.25, 0.3) is 0 Å². The zero-order valence-corrected chi connectivity index (χ0v) is 18.7. The molecule has 1 aromatic rings. The SMILES string of the molecule is O=C(NCCCN1CCCCC1)C1CCCN(S(=O)(=O)c2ccc(Br)s2)C1. The zero-order valence-electron chi connectivity index (χ0n) is 15.5. The van der Waals surface area contributed by atoms with Crippen molar-refractivity contribution in [1.82, 2.24) is 14.5 Å². The maximum Gasteiger partial charge on any atom is 0.252 e. The molecule has 0 spiro atoms. The van der Waals surface area contributed by atoms with Gasteiger partial charge in [0.1, 0.15) is 4.21 Å². The van der Waals surface area contributed by atoms with Gasteiger partial charge in [-0.05, 0) is 79.8 Å². The summed E-state index contributed by atoms with van der Waals surface area (Å²) >= 11 is 4.53. The third-order valence-corrected chi connectivity index (χ3v) is 9.25. The van der Waals surface area contributed by atoms with E-state index in [1.165, 1.54) is 48.0 Å². The Morgan fingerprint density at radius 2 is 1.96 bits per heavy atom. The van der Waals surface area contributed by atoms with Gasteiger partial charge < -0.3 is 10.2 Å². The topological polar surface area (TPSA) is 69.7 Å². The Balaban J connectivity index is 1.46. The number of piperidine rings is 2. The number of carbonyl (C=O) groups is 1. The first-order chi connectivity index (χ1) is 13.0. The molecule has 3 heterocycles. The molecule has 0 saturated carbocycles. The average Bonchev–Trinajstić information content (AvgIpc) is 3.13. The first kappa shape index (κ1) is 21.2. The first-order valence-corrected chi connectivity index (χ1v) is 12.8. The summed E-state index contributed by atoms with van der Waals surface area (Å²) in [7, 11) is -3.51. The molecule has 1 atom stereocenters. The van der Waals surface area contributed by atoms with Gasteiger partial charge in [0.25, 0.3) is 10.0 Å². The summed E-state index contributed by atoms with van der Waals surface area (Å²) < 4.78 is 28.2. The number of likely N-dealkylation sites (tertiary alicyclic amines) is 1. The van der Waals surface area contributed by atoms with Crippen molar-refractivity contribution in [2.24, 2.45) is 5.92 Å². The van der Waals surface area contributed by atoms with Gasteiger partial charge in [0.05, 0.1) is 9.70 Å². The summed E-state index contributed by atoms with van der Waals surface area (Å²) in [6, 6.07) is 3.36. The van der Waals surface area contributed by atoms with E-state index >= 15 is 0 Å². The summed E-state index contributed by atoms with van der Waals surface area (Å²) in [4.78, 5) is 15.0. The lowest BCUT2D eigenvalue weighted by Crippen LogP contribution is -2.45. The van der Waals surface area contributed by atoms with Crippen LogP contribution >= 0.6 is 27.3 Å². The molecule has 3 rings (SSSR count). The van der Waals surface area contributed by atoms with Gasteiger partial charge in [-0.1, -0.05) is 6.42 Å². The van der Waals surface area contributed by atoms with E-state index in [0.717, 1.165) is 29.6 Å². The largest absolute Gasteiger partial charge is 0.356 e. The van der Waals surface area contributed by atoms with Gasteiger partial charge in [0.2, 0.25) is 5.91 Å². The Morgan fingerprint density at radius 1 is 1.19 bits per heavy atom. The molecule has 152 valence electrons. The number of carbonyl (C=O) groups excluding carboxylic acids is 1. The van der Waals surface area contributed by atoms with Crippen LogP contribution in [0.2, 0.25) is 0 Å². The van der Waals surface area contributed by atoms with E-state index in [0.29, 0.717) is 17.3 Å². The van der Waals surface area contributed by atoms with Crippen LogP contribution in [0.3, 0.4) is 0 Å². The maximum absolute atomic E-state index is 12.8. The molecule has 6 nitrogen and oxygen atoms in total. The van der Waals surface area contributed by atoms with Gasteiger partial charge >= 0.3 is 0 Å². The summed E-state index contributed by atoms with van der Waals surface area (Å²) in [5.41, 5.74) is 0. The van der Waals surface area contributed by atoms with E-state index in [1.54, 1.807) is 12.1 Å². The molecule has 27 heavy (non-hydrogen) atoms. The number of thiophene rings is 1. The Bertz CT molecular complexity index is 732. The van der Waals surface area contributed by atoms with Gasteiger partial charge in [0, 0.05) is 19.6 Å². The monoisotopic (exact) mass is 477 g/mol. The number of sulfonamides is 1. The lowest BCUT2D eigenvalue weighted by molar-refractivity contribution is -0.126. The maximum atomic E-state index is 12.8. The molecule has 1 amide bonds. The van der Waals surface area contributed by atoms with Crippen LogP contribution in [0.5, 0.6) is 0 Å². The molecule has 0 radical (unpaired) electrons. The normalized spacial score (nSPS) is 22.6. The lowest BCUT2D eigenvalue weighted by Gasteiger charge is -2.31. The summed E-state index contributed by atoms with van der Waals surface area (Å²) in [6.45, 7) is 4.78. The first-order valence-electron chi connectivity index (χ1n) is 9.72. The Kier molecular flexibility index (Phi) is 7.73. The molecule has 1 unspecified atom stereocenters. The lowest BCUT2D eigenvalue weighted by atomic mass is 9.99. The molecule has 2 fully saturated rings. The quantitative estimate of drug-likeness (QED) is 0.612. The van der Waals surface area contributed by atoms with E-state index in [-0.39, 0.29) is 18.4 Å². The molecular weight excluding hydrogens is 450 g/mol. The fourth-order valence-corrected chi connectivity index (χ4v) is 7.47. The highest BCUT2D eigenvalue weighted by Gasteiger charge is 2.33. The second kappa shape index (κ2) is 9.82. The van der Waals surface area contributed by atoms with Gasteiger partial charge in [-0.3, -0.25) is 4.79 Å². The van der Waals surface area contributed by atoms with E-state index in [2.05, 4.69) is 26.1 Å². The van der Waals surface area contributed by atoms with Crippen LogP contribution in [0, 0.1) is 5.92 Å². The van der Waals surface area contributed by atoms with E-state index < -0.39 is 10.0 Å². The Hall–Kier alpha value is -0.480. The average molecular weight is 478 g/mol. The van der Waals surface area contributed by atoms with E-state index in [4.69, 9.17) is 0 Å². The standard InChI is InChI=1S/C18H28BrN3O3S2/c19-16-7-8-17(26-16)27(24,25)22-13-4-6-15(14-22)18(23)20-9-5-12-21-10-2-1-3-11-21/h7-8,15H,1-6,9-14H2,(H,20,23). The molecule has 9 heteroatoms. The van der Waals surface area contributed by atoms with Crippen LogP contribution in [-0.2, 0) is 14.8 Å². The fraction of sp³-hybridized carbons (Fsp3) is 0.722. The van der Waals surface area contributed by atoms with Gasteiger partial charge in [-0.2, -0.15) is 4.31 Å². The van der Waals surface area contributed by atoms with Crippen molar-refractivity contribution >= 4 is 43.2 Å². The molecule has 2 saturated heterocycles. The Morgan fingerprint density at radius 3 is 2.67 bits per heavy atom. The van der Waals surface area contributed by atoms with Crippen molar-refractivity contribution < 1.29 is 13.2 Å². The van der Waals surface area contributed by atoms with Crippen LogP contribution in [-0.4, -0.2) is 62.8 Å². The predicted molar refractivity (Wildman–Crippen MR) is 111 cm³/mol. The molecule has 0 aliphatic carbocycles. The predicted octanol–water partition coefficient (Wildman–Crippen LogP) is 2.90. The smallest absolute Gasteiger partial charge is 0.252 e. The van der Waals surface area contributed by atoms with Crippen molar-refractivity contribution in [3.63, 3.8) is 0 Å². The molecule has 1 N–H and O–H groups in total. The van der Waals surface area contributed by atoms with Crippen LogP contribution in [0.4, 0.5) is 0 Å². The third kappa shape index (κ3) is 5.76. The van der Waals surface area contributed by atoms with E-state index in [1.807, 2.05) is 0 Å². The molecule has 1 aromatic heterocycles. The van der Waals surface area contributed by atoms with Gasteiger partial charge in [-0.25, -0.2) is 8.42 Å². The minimum absolute atomic E-state index is 0.0131. The zero-order chi connectivity index (χ0) is 19.3. The fourth-order valence-electron chi connectivity index (χ4n) is 3.78. The highest BCUT2D eigenvalue weighted by molar-refractivity contribution is 9.11. The number of hydrogen-bond acceptors (Lipinski definition) is 5. The molecule has 2 aliphatic rings. The highest BCUT2D eigenvalue weighted by Crippen LogP contribution is 2.30. The molecule has 0 bridgehead atoms. The van der Waals surface area contributed by atoms with Crippen molar-refractivity contribution in [1.29, 1.82) is 0 Å². The number of rotatable bonds is 7. The number of nitrogens with one attached hydrogen (secondary N) is 1. The van der Waals surface area contributed by atoms with Crippen LogP contribution in [0.1, 0.15) is 38.5 Å².